The Labute approximate surface area is 157 Å². The highest BCUT2D eigenvalue weighted by molar-refractivity contribution is 6.18. The van der Waals surface area contributed by atoms with Gasteiger partial charge in [-0.05, 0) is 53.4 Å². The van der Waals surface area contributed by atoms with E-state index in [0.717, 1.165) is 12.8 Å². The normalized spacial score (nSPS) is 19.9. The van der Waals surface area contributed by atoms with E-state index in [-0.39, 0.29) is 11.1 Å². The number of aliphatic carboxylic acids is 4. The molecule has 27 heavy (non-hydrogen) atoms. The molecule has 0 spiro atoms. The van der Waals surface area contributed by atoms with Gasteiger partial charge in [0.15, 0.2) is 0 Å². The smallest absolute Gasteiger partial charge is 0.333 e. The Hall–Kier alpha value is -2.20. The number of piperidine rings is 1. The molecule has 1 fully saturated rings. The van der Waals surface area contributed by atoms with Gasteiger partial charge >= 0.3 is 23.9 Å². The van der Waals surface area contributed by atoms with E-state index in [1.807, 2.05) is 0 Å². The van der Waals surface area contributed by atoms with Gasteiger partial charge in [-0.3, -0.25) is 19.2 Å². The Morgan fingerprint density at radius 3 is 1.37 bits per heavy atom. The molecular formula is C17H29NO9. The fraction of sp³-hybridized carbons (Fsp3) is 0.765. The van der Waals surface area contributed by atoms with E-state index >= 15 is 0 Å². The van der Waals surface area contributed by atoms with Gasteiger partial charge in [-0.2, -0.15) is 5.06 Å². The molecule has 0 aliphatic carbocycles. The van der Waals surface area contributed by atoms with Crippen LogP contribution in [-0.2, 0) is 19.2 Å². The van der Waals surface area contributed by atoms with E-state index in [2.05, 4.69) is 27.7 Å². The average molecular weight is 391 g/mol. The Bertz CT molecular complexity index is 545. The molecule has 0 amide bonds. The van der Waals surface area contributed by atoms with Gasteiger partial charge in [0, 0.05) is 11.1 Å². The van der Waals surface area contributed by atoms with E-state index in [0.29, 0.717) is 0 Å². The highest BCUT2D eigenvalue weighted by Crippen LogP contribution is 2.36. The van der Waals surface area contributed by atoms with Crippen molar-refractivity contribution in [1.82, 2.24) is 5.06 Å². The third kappa shape index (κ3) is 4.95. The first-order valence-electron chi connectivity index (χ1n) is 8.51. The van der Waals surface area contributed by atoms with Gasteiger partial charge in [0.25, 0.3) is 5.41 Å². The zero-order chi connectivity index (χ0) is 21.8. The second kappa shape index (κ2) is 8.66. The summed E-state index contributed by atoms with van der Waals surface area (Å²) in [4.78, 5) is 43.1. The Balaban J connectivity index is 0.000000533. The highest BCUT2D eigenvalue weighted by atomic mass is 16.5. The van der Waals surface area contributed by atoms with Crippen LogP contribution in [0.5, 0.6) is 0 Å². The highest BCUT2D eigenvalue weighted by Gasteiger charge is 2.62. The quantitative estimate of drug-likeness (QED) is 0.420. The van der Waals surface area contributed by atoms with Crippen LogP contribution in [0.2, 0.25) is 0 Å². The maximum Gasteiger partial charge on any atom is 0.333 e. The molecule has 5 N–H and O–H groups in total. The van der Waals surface area contributed by atoms with Crippen molar-refractivity contribution in [2.24, 2.45) is 11.3 Å². The fourth-order valence-corrected chi connectivity index (χ4v) is 3.37. The Morgan fingerprint density at radius 2 is 1.22 bits per heavy atom. The largest absolute Gasteiger partial charge is 0.481 e. The van der Waals surface area contributed by atoms with Crippen LogP contribution in [0.3, 0.4) is 0 Å². The van der Waals surface area contributed by atoms with Crippen molar-refractivity contribution in [1.29, 1.82) is 0 Å². The van der Waals surface area contributed by atoms with Crippen molar-refractivity contribution in [2.45, 2.75) is 71.4 Å². The minimum absolute atomic E-state index is 0.0399. The van der Waals surface area contributed by atoms with Gasteiger partial charge < -0.3 is 25.6 Å². The second-order valence-corrected chi connectivity index (χ2v) is 7.81. The molecule has 1 heterocycles. The minimum Gasteiger partial charge on any atom is -0.481 e. The second-order valence-electron chi connectivity index (χ2n) is 7.81. The molecule has 1 atom stereocenters. The molecule has 156 valence electrons. The Morgan fingerprint density at radius 1 is 0.889 bits per heavy atom. The molecule has 1 unspecified atom stereocenters. The van der Waals surface area contributed by atoms with Gasteiger partial charge in [0.05, 0.1) is 5.92 Å². The lowest BCUT2D eigenvalue weighted by Gasteiger charge is -2.48. The molecule has 0 radical (unpaired) electrons. The predicted molar refractivity (Wildman–Crippen MR) is 92.4 cm³/mol. The first kappa shape index (κ1) is 24.8. The SMILES string of the molecule is CC1(C)CCCC(C)(C)N1O.CCC(C(=O)O)C(C(=O)O)(C(=O)O)C(=O)O. The van der Waals surface area contributed by atoms with Crippen molar-refractivity contribution < 1.29 is 44.8 Å². The summed E-state index contributed by atoms with van der Waals surface area (Å²) in [5.41, 5.74) is -3.44. The van der Waals surface area contributed by atoms with Crippen molar-refractivity contribution in [2.75, 3.05) is 0 Å². The molecule has 0 aromatic carbocycles. The summed E-state index contributed by atoms with van der Waals surface area (Å²) < 4.78 is 0. The summed E-state index contributed by atoms with van der Waals surface area (Å²) in [6, 6.07) is 0. The summed E-state index contributed by atoms with van der Waals surface area (Å²) in [5, 5.41) is 46.1. The topological polar surface area (TPSA) is 173 Å². The standard InChI is InChI=1S/C9H19NO.C8H10O8/c1-8(2)6-5-7-9(3,4)10(8)11;1-2-3(4(9)10)8(5(11)12,6(13)14)7(15)16/h11H,5-7H2,1-4H3;3H,2H2,1H3,(H,9,10)(H,11,12)(H,13,14)(H,15,16). The van der Waals surface area contributed by atoms with Gasteiger partial charge in [-0.1, -0.05) is 6.92 Å². The van der Waals surface area contributed by atoms with Crippen LogP contribution < -0.4 is 0 Å². The van der Waals surface area contributed by atoms with E-state index < -0.39 is 41.6 Å². The van der Waals surface area contributed by atoms with Crippen LogP contribution in [0.4, 0.5) is 0 Å². The maximum atomic E-state index is 10.8. The molecule has 0 saturated carbocycles. The molecule has 0 bridgehead atoms. The average Bonchev–Trinajstić information content (AvgIpc) is 2.48. The molecule has 10 nitrogen and oxygen atoms in total. The number of hydroxylamine groups is 2. The monoisotopic (exact) mass is 391 g/mol. The van der Waals surface area contributed by atoms with Gasteiger partial charge in [-0.25, -0.2) is 0 Å². The fourth-order valence-electron chi connectivity index (χ4n) is 3.37. The van der Waals surface area contributed by atoms with Crippen molar-refractivity contribution in [3.05, 3.63) is 0 Å². The molecule has 1 saturated heterocycles. The maximum absolute atomic E-state index is 10.8. The third-order valence-electron chi connectivity index (χ3n) is 4.96. The zero-order valence-corrected chi connectivity index (χ0v) is 16.2. The van der Waals surface area contributed by atoms with Gasteiger partial charge in [0.2, 0.25) is 0 Å². The molecule has 1 aliphatic rings. The first-order chi connectivity index (χ1) is 12.1. The van der Waals surface area contributed by atoms with Crippen LogP contribution in [0.15, 0.2) is 0 Å². The molecule has 1 rings (SSSR count). The van der Waals surface area contributed by atoms with Crippen molar-refractivity contribution in [3.63, 3.8) is 0 Å². The van der Waals surface area contributed by atoms with E-state index in [1.54, 1.807) is 0 Å². The lowest BCUT2D eigenvalue weighted by molar-refractivity contribution is -0.241. The predicted octanol–water partition coefficient (Wildman–Crippen LogP) is 1.76. The summed E-state index contributed by atoms with van der Waals surface area (Å²) in [5.74, 6) is -10.4. The lowest BCUT2D eigenvalue weighted by atomic mass is 9.74. The van der Waals surface area contributed by atoms with E-state index in [4.69, 9.17) is 20.4 Å². The number of carboxylic acids is 4. The van der Waals surface area contributed by atoms with Crippen molar-refractivity contribution >= 4 is 23.9 Å². The summed E-state index contributed by atoms with van der Waals surface area (Å²) in [6.07, 6.45) is 2.97. The molecule has 10 heteroatoms. The van der Waals surface area contributed by atoms with Crippen molar-refractivity contribution in [3.8, 4) is 0 Å². The number of carboxylic acid groups (broad SMARTS) is 4. The van der Waals surface area contributed by atoms with Crippen LogP contribution in [-0.4, -0.2) is 65.7 Å². The van der Waals surface area contributed by atoms with E-state index in [9.17, 15) is 24.4 Å². The number of hydrogen-bond donors (Lipinski definition) is 5. The zero-order valence-electron chi connectivity index (χ0n) is 16.2. The number of rotatable bonds is 6. The number of nitrogens with zero attached hydrogens (tertiary/aromatic N) is 1. The van der Waals surface area contributed by atoms with Crippen LogP contribution >= 0.6 is 0 Å². The minimum atomic E-state index is -3.36. The molecular weight excluding hydrogens is 362 g/mol. The summed E-state index contributed by atoms with van der Waals surface area (Å²) in [6.45, 7) is 9.56. The van der Waals surface area contributed by atoms with Crippen LogP contribution in [0.1, 0.15) is 60.3 Å². The summed E-state index contributed by atoms with van der Waals surface area (Å²) >= 11 is 0. The van der Waals surface area contributed by atoms with Gasteiger partial charge in [-0.15, -0.1) is 0 Å². The third-order valence-corrected chi connectivity index (χ3v) is 4.96. The number of carbonyl (C=O) groups is 4. The lowest BCUT2D eigenvalue weighted by Crippen LogP contribution is -2.56. The number of hydrogen-bond acceptors (Lipinski definition) is 6. The van der Waals surface area contributed by atoms with Crippen LogP contribution in [0, 0.1) is 11.3 Å². The Kier molecular flexibility index (Phi) is 7.95. The molecule has 0 aromatic rings. The van der Waals surface area contributed by atoms with E-state index in [1.165, 1.54) is 18.4 Å². The molecule has 1 aliphatic heterocycles. The first-order valence-corrected chi connectivity index (χ1v) is 8.51. The van der Waals surface area contributed by atoms with Crippen LogP contribution in [0.25, 0.3) is 0 Å². The summed E-state index contributed by atoms with van der Waals surface area (Å²) in [7, 11) is 0. The van der Waals surface area contributed by atoms with Gasteiger partial charge in [0.1, 0.15) is 0 Å². The molecule has 0 aromatic heterocycles.